The Kier molecular flexibility index (Phi) is 3.59. The molecule has 0 unspecified atom stereocenters. The number of nitrogens with zero attached hydrogens (tertiary/aromatic N) is 1. The van der Waals surface area contributed by atoms with Crippen LogP contribution in [0.25, 0.3) is 0 Å². The van der Waals surface area contributed by atoms with E-state index >= 15 is 0 Å². The fourth-order valence-electron chi connectivity index (χ4n) is 1.13. The van der Waals surface area contributed by atoms with Gasteiger partial charge in [0, 0.05) is 11.9 Å². The summed E-state index contributed by atoms with van der Waals surface area (Å²) in [6.07, 6.45) is 2.89. The average molecular weight is 194 g/mol. The van der Waals surface area contributed by atoms with E-state index in [1.165, 1.54) is 0 Å². The molecule has 0 saturated carbocycles. The van der Waals surface area contributed by atoms with E-state index in [0.29, 0.717) is 6.42 Å². The molecule has 4 nitrogen and oxygen atoms in total. The summed E-state index contributed by atoms with van der Waals surface area (Å²) < 4.78 is 0. The Balaban J connectivity index is 2.64. The van der Waals surface area contributed by atoms with E-state index < -0.39 is 12.0 Å². The van der Waals surface area contributed by atoms with Crippen molar-refractivity contribution < 1.29 is 9.90 Å². The number of nitrogens with two attached hydrogens (primary N) is 1. The standard InChI is InChI=1S/C10H14N2O2/c1-2-8-4-3-7(6-12-8)5-9(11)10(13)14/h3-4,6,9H,2,5,11H2,1H3,(H,13,14)/t9-/m0/s1. The van der Waals surface area contributed by atoms with Crippen LogP contribution in [0.1, 0.15) is 18.2 Å². The molecular weight excluding hydrogens is 180 g/mol. The molecule has 1 aromatic rings. The molecule has 1 aromatic heterocycles. The zero-order chi connectivity index (χ0) is 10.6. The first-order valence-electron chi connectivity index (χ1n) is 4.55. The van der Waals surface area contributed by atoms with Gasteiger partial charge in [0.15, 0.2) is 0 Å². The summed E-state index contributed by atoms with van der Waals surface area (Å²) in [4.78, 5) is 14.6. The molecule has 0 aliphatic heterocycles. The van der Waals surface area contributed by atoms with Gasteiger partial charge in [-0.1, -0.05) is 13.0 Å². The Hall–Kier alpha value is -1.42. The molecule has 1 heterocycles. The lowest BCUT2D eigenvalue weighted by Gasteiger charge is -2.06. The molecule has 0 radical (unpaired) electrons. The van der Waals surface area contributed by atoms with Gasteiger partial charge in [-0.05, 0) is 24.5 Å². The Labute approximate surface area is 82.8 Å². The normalized spacial score (nSPS) is 12.4. The Morgan fingerprint density at radius 2 is 2.36 bits per heavy atom. The van der Waals surface area contributed by atoms with Gasteiger partial charge in [0.05, 0.1) is 0 Å². The van der Waals surface area contributed by atoms with Crippen LogP contribution in [0.4, 0.5) is 0 Å². The number of carbonyl (C=O) groups is 1. The lowest BCUT2D eigenvalue weighted by molar-refractivity contribution is -0.138. The number of aliphatic carboxylic acids is 1. The first kappa shape index (κ1) is 10.7. The highest BCUT2D eigenvalue weighted by Gasteiger charge is 2.11. The first-order valence-corrected chi connectivity index (χ1v) is 4.55. The van der Waals surface area contributed by atoms with Gasteiger partial charge in [0.1, 0.15) is 6.04 Å². The van der Waals surface area contributed by atoms with Crippen molar-refractivity contribution in [3.05, 3.63) is 29.6 Å². The minimum Gasteiger partial charge on any atom is -0.480 e. The van der Waals surface area contributed by atoms with Crippen molar-refractivity contribution in [3.8, 4) is 0 Å². The van der Waals surface area contributed by atoms with Gasteiger partial charge in [-0.15, -0.1) is 0 Å². The maximum absolute atomic E-state index is 10.5. The molecule has 0 bridgehead atoms. The van der Waals surface area contributed by atoms with Crippen molar-refractivity contribution in [2.75, 3.05) is 0 Å². The number of hydrogen-bond acceptors (Lipinski definition) is 3. The molecule has 3 N–H and O–H groups in total. The molecule has 76 valence electrons. The molecule has 1 atom stereocenters. The van der Waals surface area contributed by atoms with Gasteiger partial charge < -0.3 is 10.8 Å². The van der Waals surface area contributed by atoms with Gasteiger partial charge in [0.2, 0.25) is 0 Å². The highest BCUT2D eigenvalue weighted by Crippen LogP contribution is 2.03. The molecule has 14 heavy (non-hydrogen) atoms. The van der Waals surface area contributed by atoms with Crippen molar-refractivity contribution in [1.29, 1.82) is 0 Å². The number of pyridine rings is 1. The van der Waals surface area contributed by atoms with Crippen LogP contribution < -0.4 is 5.73 Å². The Bertz CT molecular complexity index is 308. The van der Waals surface area contributed by atoms with Crippen molar-refractivity contribution in [3.63, 3.8) is 0 Å². The molecular formula is C10H14N2O2. The Morgan fingerprint density at radius 3 is 2.79 bits per heavy atom. The van der Waals surface area contributed by atoms with Crippen LogP contribution in [-0.2, 0) is 17.6 Å². The second-order valence-electron chi connectivity index (χ2n) is 3.16. The molecule has 0 saturated heterocycles. The van der Waals surface area contributed by atoms with Crippen molar-refractivity contribution in [1.82, 2.24) is 4.98 Å². The topological polar surface area (TPSA) is 76.2 Å². The summed E-state index contributed by atoms with van der Waals surface area (Å²) in [5, 5.41) is 8.60. The maximum atomic E-state index is 10.5. The number of carboxylic acid groups (broad SMARTS) is 1. The lowest BCUT2D eigenvalue weighted by Crippen LogP contribution is -2.32. The summed E-state index contributed by atoms with van der Waals surface area (Å²) in [6.45, 7) is 2.02. The van der Waals surface area contributed by atoms with Gasteiger partial charge >= 0.3 is 5.97 Å². The van der Waals surface area contributed by atoms with Crippen LogP contribution in [0.2, 0.25) is 0 Å². The summed E-state index contributed by atoms with van der Waals surface area (Å²) in [6, 6.07) is 2.92. The predicted molar refractivity (Wildman–Crippen MR) is 52.9 cm³/mol. The average Bonchev–Trinajstić information content (AvgIpc) is 2.19. The molecule has 0 aliphatic carbocycles. The van der Waals surface area contributed by atoms with Gasteiger partial charge in [0.25, 0.3) is 0 Å². The molecule has 0 spiro atoms. The fraction of sp³-hybridized carbons (Fsp3) is 0.400. The molecule has 0 aromatic carbocycles. The van der Waals surface area contributed by atoms with Crippen LogP contribution in [0.3, 0.4) is 0 Å². The molecule has 0 amide bonds. The maximum Gasteiger partial charge on any atom is 0.320 e. The second-order valence-corrected chi connectivity index (χ2v) is 3.16. The second kappa shape index (κ2) is 4.72. The predicted octanol–water partition coefficient (Wildman–Crippen LogP) is 0.598. The van der Waals surface area contributed by atoms with Crippen LogP contribution >= 0.6 is 0 Å². The third-order valence-corrected chi connectivity index (χ3v) is 2.02. The van der Waals surface area contributed by atoms with E-state index in [1.807, 2.05) is 19.1 Å². The van der Waals surface area contributed by atoms with E-state index in [1.54, 1.807) is 6.20 Å². The molecule has 1 rings (SSSR count). The van der Waals surface area contributed by atoms with Crippen LogP contribution in [-0.4, -0.2) is 22.1 Å². The van der Waals surface area contributed by atoms with Crippen LogP contribution in [0, 0.1) is 0 Å². The lowest BCUT2D eigenvalue weighted by atomic mass is 10.1. The smallest absolute Gasteiger partial charge is 0.320 e. The number of carboxylic acids is 1. The zero-order valence-corrected chi connectivity index (χ0v) is 8.10. The van der Waals surface area contributed by atoms with Crippen molar-refractivity contribution in [2.45, 2.75) is 25.8 Å². The number of aryl methyl sites for hydroxylation is 1. The van der Waals surface area contributed by atoms with Crippen molar-refractivity contribution in [2.24, 2.45) is 5.73 Å². The summed E-state index contributed by atoms with van der Waals surface area (Å²) in [7, 11) is 0. The minimum absolute atomic E-state index is 0.326. The minimum atomic E-state index is -0.982. The van der Waals surface area contributed by atoms with Crippen LogP contribution in [0.5, 0.6) is 0 Å². The van der Waals surface area contributed by atoms with E-state index in [-0.39, 0.29) is 0 Å². The monoisotopic (exact) mass is 194 g/mol. The highest BCUT2D eigenvalue weighted by molar-refractivity contribution is 5.73. The summed E-state index contributed by atoms with van der Waals surface area (Å²) >= 11 is 0. The number of rotatable bonds is 4. The van der Waals surface area contributed by atoms with Gasteiger partial charge in [-0.3, -0.25) is 9.78 Å². The van der Waals surface area contributed by atoms with Crippen molar-refractivity contribution >= 4 is 5.97 Å². The number of aromatic nitrogens is 1. The van der Waals surface area contributed by atoms with E-state index in [0.717, 1.165) is 17.7 Å². The summed E-state index contributed by atoms with van der Waals surface area (Å²) in [5.41, 5.74) is 7.25. The number of hydrogen-bond donors (Lipinski definition) is 2. The molecule has 0 fully saturated rings. The molecule has 0 aliphatic rings. The largest absolute Gasteiger partial charge is 0.480 e. The zero-order valence-electron chi connectivity index (χ0n) is 8.10. The third-order valence-electron chi connectivity index (χ3n) is 2.02. The fourth-order valence-corrected chi connectivity index (χ4v) is 1.13. The van der Waals surface area contributed by atoms with E-state index in [2.05, 4.69) is 4.98 Å². The Morgan fingerprint density at radius 1 is 1.64 bits per heavy atom. The summed E-state index contributed by atoms with van der Waals surface area (Å²) in [5.74, 6) is -0.982. The van der Waals surface area contributed by atoms with Gasteiger partial charge in [-0.2, -0.15) is 0 Å². The van der Waals surface area contributed by atoms with E-state index in [4.69, 9.17) is 10.8 Å². The SMILES string of the molecule is CCc1ccc(C[C@H](N)C(=O)O)cn1. The molecule has 4 heteroatoms. The highest BCUT2D eigenvalue weighted by atomic mass is 16.4. The van der Waals surface area contributed by atoms with Gasteiger partial charge in [-0.25, -0.2) is 0 Å². The first-order chi connectivity index (χ1) is 6.63. The van der Waals surface area contributed by atoms with Crippen LogP contribution in [0.15, 0.2) is 18.3 Å². The third kappa shape index (κ3) is 2.81. The van der Waals surface area contributed by atoms with E-state index in [9.17, 15) is 4.79 Å². The quantitative estimate of drug-likeness (QED) is 0.735.